The summed E-state index contributed by atoms with van der Waals surface area (Å²) < 4.78 is 2.03. The van der Waals surface area contributed by atoms with E-state index in [0.717, 1.165) is 53.5 Å². The van der Waals surface area contributed by atoms with Gasteiger partial charge in [-0.2, -0.15) is 5.26 Å². The Kier molecular flexibility index (Phi) is 6.44. The second kappa shape index (κ2) is 9.25. The van der Waals surface area contributed by atoms with Crippen LogP contribution in [-0.2, 0) is 24.2 Å². The Hall–Kier alpha value is -2.63. The number of carbonyl (C=O) groups is 1. The van der Waals surface area contributed by atoms with Crippen LogP contribution in [-0.4, -0.2) is 26.4 Å². The molecule has 1 aliphatic rings. The number of nitrogens with one attached hydrogen (secondary N) is 1. The van der Waals surface area contributed by atoms with Crippen molar-refractivity contribution in [3.63, 3.8) is 0 Å². The number of thioether (sulfide) groups is 1. The van der Waals surface area contributed by atoms with Crippen LogP contribution in [0, 0.1) is 24.2 Å². The molecule has 0 saturated carbocycles. The van der Waals surface area contributed by atoms with Gasteiger partial charge >= 0.3 is 0 Å². The van der Waals surface area contributed by atoms with E-state index in [0.29, 0.717) is 16.5 Å². The highest BCUT2D eigenvalue weighted by Crippen LogP contribution is 2.39. The number of hydrogen-bond acceptors (Lipinski definition) is 6. The van der Waals surface area contributed by atoms with Gasteiger partial charge in [0, 0.05) is 17.0 Å². The average Bonchev–Trinajstić information content (AvgIpc) is 3.32. The molecule has 1 aliphatic carbocycles. The molecule has 0 fully saturated rings. The third kappa shape index (κ3) is 4.39. The van der Waals surface area contributed by atoms with Gasteiger partial charge in [-0.25, -0.2) is 0 Å². The molecule has 0 saturated heterocycles. The molecule has 1 amide bonds. The molecule has 0 aliphatic heterocycles. The fourth-order valence-electron chi connectivity index (χ4n) is 3.95. The number of anilines is 1. The summed E-state index contributed by atoms with van der Waals surface area (Å²) in [4.78, 5) is 13.9. The summed E-state index contributed by atoms with van der Waals surface area (Å²) >= 11 is 2.92. The zero-order valence-electron chi connectivity index (χ0n) is 17.9. The van der Waals surface area contributed by atoms with Crippen molar-refractivity contribution < 1.29 is 4.79 Å². The second-order valence-electron chi connectivity index (χ2n) is 7.87. The standard InChI is InChI=1S/C23H25N5OS2/c1-4-28-21(16-8-6-5-7-15(16)3)26-27-23(28)30-13-20(29)25-22-18(12-24)17-10-9-14(2)11-19(17)31-22/h5-8,14H,4,9-11,13H2,1-3H3,(H,25,29). The zero-order chi connectivity index (χ0) is 22.0. The molecular formula is C23H25N5OS2. The Morgan fingerprint density at radius 1 is 1.39 bits per heavy atom. The van der Waals surface area contributed by atoms with Crippen LogP contribution in [0.2, 0.25) is 0 Å². The minimum absolute atomic E-state index is 0.128. The van der Waals surface area contributed by atoms with E-state index in [4.69, 9.17) is 0 Å². The molecule has 2 heterocycles. The Morgan fingerprint density at radius 3 is 2.94 bits per heavy atom. The molecule has 0 radical (unpaired) electrons. The van der Waals surface area contributed by atoms with Gasteiger partial charge in [0.1, 0.15) is 11.1 Å². The third-order valence-electron chi connectivity index (χ3n) is 5.63. The fraction of sp³-hybridized carbons (Fsp3) is 0.391. The number of hydrogen-bond donors (Lipinski definition) is 1. The van der Waals surface area contributed by atoms with Gasteiger partial charge in [0.2, 0.25) is 5.91 Å². The summed E-state index contributed by atoms with van der Waals surface area (Å²) in [5, 5.41) is 22.7. The van der Waals surface area contributed by atoms with Gasteiger partial charge in [0.25, 0.3) is 0 Å². The Bertz CT molecular complexity index is 1160. The normalized spacial score (nSPS) is 15.4. The number of fused-ring (bicyclic) bond motifs is 1. The van der Waals surface area contributed by atoms with E-state index in [1.807, 2.05) is 29.7 Å². The topological polar surface area (TPSA) is 83.6 Å². The van der Waals surface area contributed by atoms with Gasteiger partial charge in [-0.05, 0) is 50.2 Å². The lowest BCUT2D eigenvalue weighted by atomic mass is 9.89. The number of benzene rings is 1. The van der Waals surface area contributed by atoms with Crippen LogP contribution >= 0.6 is 23.1 Å². The largest absolute Gasteiger partial charge is 0.316 e. The first-order chi connectivity index (χ1) is 15.0. The van der Waals surface area contributed by atoms with Gasteiger partial charge in [-0.1, -0.05) is 43.0 Å². The molecule has 3 aromatic rings. The number of amides is 1. The Morgan fingerprint density at radius 2 is 2.19 bits per heavy atom. The Balaban J connectivity index is 1.47. The lowest BCUT2D eigenvalue weighted by Gasteiger charge is -2.17. The van der Waals surface area contributed by atoms with Crippen molar-refractivity contribution in [2.45, 2.75) is 51.7 Å². The summed E-state index contributed by atoms with van der Waals surface area (Å²) in [6.45, 7) is 7.05. The van der Waals surface area contributed by atoms with E-state index in [9.17, 15) is 10.1 Å². The summed E-state index contributed by atoms with van der Waals surface area (Å²) in [5.74, 6) is 1.53. The highest BCUT2D eigenvalue weighted by molar-refractivity contribution is 7.99. The van der Waals surface area contributed by atoms with Gasteiger partial charge in [-0.3, -0.25) is 4.79 Å². The fourth-order valence-corrected chi connectivity index (χ4v) is 6.13. The number of nitrogens with zero attached hydrogens (tertiary/aromatic N) is 4. The lowest BCUT2D eigenvalue weighted by molar-refractivity contribution is -0.113. The minimum atomic E-state index is -0.128. The quantitative estimate of drug-likeness (QED) is 0.530. The molecule has 31 heavy (non-hydrogen) atoms. The smallest absolute Gasteiger partial charge is 0.235 e. The van der Waals surface area contributed by atoms with Crippen molar-refractivity contribution in [3.05, 3.63) is 45.8 Å². The maximum atomic E-state index is 12.7. The van der Waals surface area contributed by atoms with E-state index in [-0.39, 0.29) is 11.7 Å². The first-order valence-electron chi connectivity index (χ1n) is 10.5. The van der Waals surface area contributed by atoms with E-state index >= 15 is 0 Å². The SMILES string of the molecule is CCn1c(SCC(=O)Nc2sc3c(c2C#N)CCC(C)C3)nnc1-c1ccccc1C. The monoisotopic (exact) mass is 451 g/mol. The molecule has 2 aromatic heterocycles. The van der Waals surface area contributed by atoms with Crippen LogP contribution in [0.3, 0.4) is 0 Å². The molecule has 6 nitrogen and oxygen atoms in total. The Labute approximate surface area is 190 Å². The van der Waals surface area contributed by atoms with Crippen molar-refractivity contribution in [1.29, 1.82) is 5.26 Å². The molecule has 160 valence electrons. The molecule has 1 N–H and O–H groups in total. The lowest BCUT2D eigenvalue weighted by Crippen LogP contribution is -2.14. The van der Waals surface area contributed by atoms with Crippen LogP contribution in [0.5, 0.6) is 0 Å². The van der Waals surface area contributed by atoms with Crippen LogP contribution in [0.15, 0.2) is 29.4 Å². The van der Waals surface area contributed by atoms with E-state index in [1.165, 1.54) is 16.6 Å². The predicted octanol–water partition coefficient (Wildman–Crippen LogP) is 5.06. The number of nitriles is 1. The van der Waals surface area contributed by atoms with Gasteiger partial charge in [0.15, 0.2) is 11.0 Å². The molecular weight excluding hydrogens is 426 g/mol. The van der Waals surface area contributed by atoms with Crippen molar-refractivity contribution >= 4 is 34.0 Å². The van der Waals surface area contributed by atoms with Gasteiger partial charge in [0.05, 0.1) is 11.3 Å². The summed E-state index contributed by atoms with van der Waals surface area (Å²) in [5.41, 5.74) is 3.95. The molecule has 1 unspecified atom stereocenters. The first kappa shape index (κ1) is 21.6. The summed E-state index contributed by atoms with van der Waals surface area (Å²) in [6.07, 6.45) is 3.00. The van der Waals surface area contributed by atoms with Crippen molar-refractivity contribution in [1.82, 2.24) is 14.8 Å². The second-order valence-corrected chi connectivity index (χ2v) is 9.92. The van der Waals surface area contributed by atoms with Crippen LogP contribution < -0.4 is 5.32 Å². The van der Waals surface area contributed by atoms with E-state index < -0.39 is 0 Å². The van der Waals surface area contributed by atoms with Crippen LogP contribution in [0.1, 0.15) is 41.8 Å². The molecule has 1 aromatic carbocycles. The summed E-state index contributed by atoms with van der Waals surface area (Å²) in [6, 6.07) is 10.4. The number of aryl methyl sites for hydroxylation is 1. The number of aromatic nitrogens is 3. The van der Waals surface area contributed by atoms with Crippen molar-refractivity contribution in [3.8, 4) is 17.5 Å². The maximum absolute atomic E-state index is 12.7. The average molecular weight is 452 g/mol. The molecule has 0 bridgehead atoms. The summed E-state index contributed by atoms with van der Waals surface area (Å²) in [7, 11) is 0. The van der Waals surface area contributed by atoms with Gasteiger partial charge < -0.3 is 9.88 Å². The molecule has 0 spiro atoms. The predicted molar refractivity (Wildman–Crippen MR) is 125 cm³/mol. The zero-order valence-corrected chi connectivity index (χ0v) is 19.6. The third-order valence-corrected chi connectivity index (χ3v) is 7.76. The number of thiophene rings is 1. The highest BCUT2D eigenvalue weighted by Gasteiger charge is 2.25. The van der Waals surface area contributed by atoms with E-state index in [1.54, 1.807) is 11.3 Å². The molecule has 8 heteroatoms. The minimum Gasteiger partial charge on any atom is -0.316 e. The van der Waals surface area contributed by atoms with Crippen molar-refractivity contribution in [2.24, 2.45) is 5.92 Å². The van der Waals surface area contributed by atoms with E-state index in [2.05, 4.69) is 41.5 Å². The van der Waals surface area contributed by atoms with Gasteiger partial charge in [-0.15, -0.1) is 21.5 Å². The highest BCUT2D eigenvalue weighted by atomic mass is 32.2. The van der Waals surface area contributed by atoms with Crippen LogP contribution in [0.25, 0.3) is 11.4 Å². The number of rotatable bonds is 6. The first-order valence-corrected chi connectivity index (χ1v) is 12.3. The number of carbonyl (C=O) groups excluding carboxylic acids is 1. The molecule has 4 rings (SSSR count). The molecule has 1 atom stereocenters. The van der Waals surface area contributed by atoms with Crippen LogP contribution in [0.4, 0.5) is 5.00 Å². The maximum Gasteiger partial charge on any atom is 0.235 e. The van der Waals surface area contributed by atoms with Crippen molar-refractivity contribution in [2.75, 3.05) is 11.1 Å².